The molecule has 0 saturated carbocycles. The fraction of sp³-hybridized carbons (Fsp3) is 0.316. The molecule has 0 aliphatic carbocycles. The number of sulfonamides is 1. The van der Waals surface area contributed by atoms with Crippen molar-refractivity contribution in [3.8, 4) is 0 Å². The summed E-state index contributed by atoms with van der Waals surface area (Å²) in [7, 11) is -3.76. The van der Waals surface area contributed by atoms with Gasteiger partial charge in [-0.25, -0.2) is 17.5 Å². The molecule has 0 spiro atoms. The molecule has 0 aromatic heterocycles. The quantitative estimate of drug-likeness (QED) is 0.850. The molecule has 1 N–H and O–H groups in total. The first-order valence-electron chi connectivity index (χ1n) is 8.71. The van der Waals surface area contributed by atoms with Crippen LogP contribution in [0.25, 0.3) is 0 Å². The van der Waals surface area contributed by atoms with Gasteiger partial charge in [0.1, 0.15) is 5.82 Å². The number of halogens is 1. The maximum atomic E-state index is 13.7. The van der Waals surface area contributed by atoms with E-state index >= 15 is 0 Å². The number of carbonyl (C=O) groups is 1. The molecular weight excluding hydrogens is 387 g/mol. The maximum absolute atomic E-state index is 13.7. The summed E-state index contributed by atoms with van der Waals surface area (Å²) >= 11 is 1.60. The molecule has 5 nitrogen and oxygen atoms in total. The predicted molar refractivity (Wildman–Crippen MR) is 103 cm³/mol. The second-order valence-corrected chi connectivity index (χ2v) is 9.56. The van der Waals surface area contributed by atoms with Gasteiger partial charge in [0, 0.05) is 30.1 Å². The van der Waals surface area contributed by atoms with Gasteiger partial charge in [-0.05, 0) is 66.1 Å². The summed E-state index contributed by atoms with van der Waals surface area (Å²) in [5.74, 6) is 0.340. The van der Waals surface area contributed by atoms with Gasteiger partial charge in [0.2, 0.25) is 15.9 Å². The van der Waals surface area contributed by atoms with E-state index in [0.717, 1.165) is 21.9 Å². The third-order valence-electron chi connectivity index (χ3n) is 4.95. The van der Waals surface area contributed by atoms with Crippen LogP contribution < -0.4 is 9.62 Å². The van der Waals surface area contributed by atoms with Gasteiger partial charge in [0.25, 0.3) is 0 Å². The Balaban J connectivity index is 1.63. The van der Waals surface area contributed by atoms with Crippen LogP contribution in [0.2, 0.25) is 0 Å². The molecule has 2 aromatic rings. The second-order valence-electron chi connectivity index (χ2n) is 6.70. The molecule has 2 heterocycles. The number of hydrogen-bond acceptors (Lipinski definition) is 4. The molecule has 0 radical (unpaired) electrons. The van der Waals surface area contributed by atoms with Crippen molar-refractivity contribution in [2.24, 2.45) is 0 Å². The van der Waals surface area contributed by atoms with E-state index in [4.69, 9.17) is 0 Å². The molecule has 1 amide bonds. The number of anilines is 1. The van der Waals surface area contributed by atoms with Crippen LogP contribution in [-0.4, -0.2) is 26.6 Å². The highest BCUT2D eigenvalue weighted by Gasteiger charge is 2.29. The van der Waals surface area contributed by atoms with E-state index in [1.165, 1.54) is 25.1 Å². The molecule has 1 unspecified atom stereocenters. The van der Waals surface area contributed by atoms with E-state index < -0.39 is 16.1 Å². The van der Waals surface area contributed by atoms with Gasteiger partial charge in [-0.1, -0.05) is 0 Å². The molecule has 8 heteroatoms. The van der Waals surface area contributed by atoms with Crippen molar-refractivity contribution in [1.29, 1.82) is 0 Å². The third kappa shape index (κ3) is 3.49. The zero-order valence-electron chi connectivity index (χ0n) is 14.7. The molecule has 0 saturated heterocycles. The van der Waals surface area contributed by atoms with E-state index in [1.54, 1.807) is 34.9 Å². The predicted octanol–water partition coefficient (Wildman–Crippen LogP) is 3.25. The van der Waals surface area contributed by atoms with Crippen LogP contribution in [0.5, 0.6) is 0 Å². The Morgan fingerprint density at radius 2 is 2.07 bits per heavy atom. The average molecular weight is 407 g/mol. The summed E-state index contributed by atoms with van der Waals surface area (Å²) in [6.45, 7) is 2.06. The van der Waals surface area contributed by atoms with Crippen molar-refractivity contribution in [2.45, 2.75) is 35.6 Å². The summed E-state index contributed by atoms with van der Waals surface area (Å²) in [6, 6.07) is 8.87. The van der Waals surface area contributed by atoms with Crippen molar-refractivity contribution >= 4 is 33.4 Å². The number of nitrogens with zero attached hydrogens (tertiary/aromatic N) is 1. The molecule has 2 aromatic carbocycles. The number of benzene rings is 2. The first-order valence-corrected chi connectivity index (χ1v) is 11.2. The lowest BCUT2D eigenvalue weighted by molar-refractivity contribution is -0.116. The highest BCUT2D eigenvalue weighted by molar-refractivity contribution is 7.99. The summed E-state index contributed by atoms with van der Waals surface area (Å²) < 4.78 is 42.2. The lowest BCUT2D eigenvalue weighted by Gasteiger charge is -2.26. The molecule has 27 heavy (non-hydrogen) atoms. The lowest BCUT2D eigenvalue weighted by atomic mass is 10.0. The van der Waals surface area contributed by atoms with Gasteiger partial charge in [-0.15, -0.1) is 11.8 Å². The van der Waals surface area contributed by atoms with Crippen LogP contribution in [0.1, 0.15) is 30.5 Å². The minimum Gasteiger partial charge on any atom is -0.312 e. The van der Waals surface area contributed by atoms with Gasteiger partial charge in [0.05, 0.1) is 4.90 Å². The van der Waals surface area contributed by atoms with Crippen LogP contribution in [-0.2, 0) is 21.2 Å². The lowest BCUT2D eigenvalue weighted by Crippen LogP contribution is -2.31. The van der Waals surface area contributed by atoms with Crippen LogP contribution >= 0.6 is 11.8 Å². The molecule has 1 atom stereocenters. The first kappa shape index (κ1) is 18.5. The van der Waals surface area contributed by atoms with E-state index in [1.807, 2.05) is 0 Å². The number of fused-ring (bicyclic) bond motifs is 2. The summed E-state index contributed by atoms with van der Waals surface area (Å²) in [5, 5.41) is 0. The number of thioether (sulfide) groups is 1. The van der Waals surface area contributed by atoms with E-state index in [-0.39, 0.29) is 16.6 Å². The molecule has 2 aliphatic heterocycles. The van der Waals surface area contributed by atoms with Crippen LogP contribution in [0.15, 0.2) is 46.2 Å². The first-order chi connectivity index (χ1) is 12.8. The van der Waals surface area contributed by atoms with Crippen LogP contribution in [0.3, 0.4) is 0 Å². The SMILES string of the molecule is CC(=O)N1CCc2cc(S(=O)(=O)NC3CCSc4ccc(F)cc43)ccc21. The Morgan fingerprint density at radius 1 is 1.26 bits per heavy atom. The smallest absolute Gasteiger partial charge is 0.241 e. The van der Waals surface area contributed by atoms with Crippen LogP contribution in [0.4, 0.5) is 10.1 Å². The van der Waals surface area contributed by atoms with Gasteiger partial charge < -0.3 is 4.90 Å². The Bertz CT molecular complexity index is 1020. The fourth-order valence-electron chi connectivity index (χ4n) is 3.62. The summed E-state index contributed by atoms with van der Waals surface area (Å²) in [6.07, 6.45) is 1.23. The third-order valence-corrected chi connectivity index (χ3v) is 7.54. The highest BCUT2D eigenvalue weighted by Crippen LogP contribution is 2.37. The number of amides is 1. The van der Waals surface area contributed by atoms with E-state index in [0.29, 0.717) is 24.9 Å². The Kier molecular flexibility index (Phi) is 4.73. The molecule has 142 valence electrons. The standard InChI is InChI=1S/C19H19FN2O3S2/c1-12(23)22-8-6-13-10-15(3-4-18(13)22)27(24,25)21-17-7-9-26-19-5-2-14(20)11-16(17)19/h2-5,10-11,17,21H,6-9H2,1H3. The average Bonchev–Trinajstić information content (AvgIpc) is 3.05. The largest absolute Gasteiger partial charge is 0.312 e. The normalized spacial score (nSPS) is 18.9. The number of rotatable bonds is 3. The number of hydrogen-bond donors (Lipinski definition) is 1. The Hall–Kier alpha value is -1.90. The number of nitrogens with one attached hydrogen (secondary N) is 1. The second kappa shape index (κ2) is 6.92. The molecule has 0 bridgehead atoms. The van der Waals surface area contributed by atoms with Gasteiger partial charge >= 0.3 is 0 Å². The van der Waals surface area contributed by atoms with E-state index in [2.05, 4.69) is 4.72 Å². The van der Waals surface area contributed by atoms with Crippen molar-refractivity contribution in [3.63, 3.8) is 0 Å². The van der Waals surface area contributed by atoms with Crippen molar-refractivity contribution in [3.05, 3.63) is 53.3 Å². The summed E-state index contributed by atoms with van der Waals surface area (Å²) in [4.78, 5) is 14.4. The molecule has 0 fully saturated rings. The van der Waals surface area contributed by atoms with Crippen molar-refractivity contribution in [2.75, 3.05) is 17.2 Å². The van der Waals surface area contributed by atoms with Gasteiger partial charge in [-0.3, -0.25) is 4.79 Å². The van der Waals surface area contributed by atoms with Crippen LogP contribution in [0, 0.1) is 5.82 Å². The molecular formula is C19H19FN2O3S2. The Labute approximate surface area is 162 Å². The molecule has 4 rings (SSSR count). The van der Waals surface area contributed by atoms with Crippen molar-refractivity contribution in [1.82, 2.24) is 4.72 Å². The maximum Gasteiger partial charge on any atom is 0.241 e. The minimum absolute atomic E-state index is 0.0548. The highest BCUT2D eigenvalue weighted by atomic mass is 32.2. The monoisotopic (exact) mass is 406 g/mol. The summed E-state index contributed by atoms with van der Waals surface area (Å²) in [5.41, 5.74) is 2.29. The zero-order chi connectivity index (χ0) is 19.2. The topological polar surface area (TPSA) is 66.5 Å². The zero-order valence-corrected chi connectivity index (χ0v) is 16.4. The Morgan fingerprint density at radius 3 is 2.85 bits per heavy atom. The van der Waals surface area contributed by atoms with E-state index in [9.17, 15) is 17.6 Å². The van der Waals surface area contributed by atoms with Gasteiger partial charge in [-0.2, -0.15) is 0 Å². The van der Waals surface area contributed by atoms with Crippen molar-refractivity contribution < 1.29 is 17.6 Å². The number of carbonyl (C=O) groups excluding carboxylic acids is 1. The molecule has 2 aliphatic rings. The minimum atomic E-state index is -3.76. The fourth-order valence-corrected chi connectivity index (χ4v) is 6.02. The van der Waals surface area contributed by atoms with Gasteiger partial charge in [0.15, 0.2) is 0 Å².